The molecule has 1 aliphatic rings. The Morgan fingerprint density at radius 1 is 1.14 bits per heavy atom. The highest BCUT2D eigenvalue weighted by Crippen LogP contribution is 2.23. The standard InChI is InChI=1S/C16H23N3OS/c1-11-7-9-13(10-8-11)15(20)18-19-16(21)17-14-6-4-3-5-12(14)2/h7-10,12,14H,3-6H2,1-2H3,(H,18,20)(H2,17,19,21)/t12-,14+/m0/s1. The predicted molar refractivity (Wildman–Crippen MR) is 88.9 cm³/mol. The minimum absolute atomic E-state index is 0.184. The smallest absolute Gasteiger partial charge is 0.269 e. The van der Waals surface area contributed by atoms with Crippen LogP contribution in [0.3, 0.4) is 0 Å². The van der Waals surface area contributed by atoms with Gasteiger partial charge in [0.1, 0.15) is 0 Å². The van der Waals surface area contributed by atoms with Crippen molar-refractivity contribution in [1.82, 2.24) is 16.2 Å². The number of rotatable bonds is 2. The Balaban J connectivity index is 1.78. The van der Waals surface area contributed by atoms with Gasteiger partial charge in [0.15, 0.2) is 5.11 Å². The van der Waals surface area contributed by atoms with Crippen LogP contribution in [0.5, 0.6) is 0 Å². The van der Waals surface area contributed by atoms with Crippen LogP contribution in [0.1, 0.15) is 48.5 Å². The van der Waals surface area contributed by atoms with E-state index in [1.54, 1.807) is 12.1 Å². The van der Waals surface area contributed by atoms with Crippen molar-refractivity contribution in [2.24, 2.45) is 5.92 Å². The van der Waals surface area contributed by atoms with Crippen LogP contribution in [0, 0.1) is 12.8 Å². The average Bonchev–Trinajstić information content (AvgIpc) is 2.48. The highest BCUT2D eigenvalue weighted by atomic mass is 32.1. The van der Waals surface area contributed by atoms with Crippen LogP contribution in [-0.2, 0) is 0 Å². The molecule has 0 radical (unpaired) electrons. The largest absolute Gasteiger partial charge is 0.358 e. The van der Waals surface area contributed by atoms with Crippen LogP contribution >= 0.6 is 12.2 Å². The first-order chi connectivity index (χ1) is 10.1. The van der Waals surface area contributed by atoms with Gasteiger partial charge >= 0.3 is 0 Å². The topological polar surface area (TPSA) is 53.2 Å². The zero-order valence-electron chi connectivity index (χ0n) is 12.6. The van der Waals surface area contributed by atoms with Crippen molar-refractivity contribution in [2.75, 3.05) is 0 Å². The van der Waals surface area contributed by atoms with Gasteiger partial charge in [0.05, 0.1) is 0 Å². The second-order valence-electron chi connectivity index (χ2n) is 5.79. The molecule has 114 valence electrons. The summed E-state index contributed by atoms with van der Waals surface area (Å²) < 4.78 is 0. The Kier molecular flexibility index (Phi) is 5.56. The molecular formula is C16H23N3OS. The number of carbonyl (C=O) groups excluding carboxylic acids is 1. The molecule has 3 N–H and O–H groups in total. The predicted octanol–water partition coefficient (Wildman–Crippen LogP) is 2.68. The van der Waals surface area contributed by atoms with Crippen LogP contribution in [0.25, 0.3) is 0 Å². The molecule has 0 aliphatic heterocycles. The number of amides is 1. The van der Waals surface area contributed by atoms with Gasteiger partial charge in [-0.15, -0.1) is 0 Å². The lowest BCUT2D eigenvalue weighted by Gasteiger charge is -2.30. The van der Waals surface area contributed by atoms with E-state index < -0.39 is 0 Å². The average molecular weight is 305 g/mol. The number of hydrogen-bond donors (Lipinski definition) is 3. The molecule has 0 spiro atoms. The third-order valence-electron chi connectivity index (χ3n) is 4.03. The van der Waals surface area contributed by atoms with Crippen molar-refractivity contribution in [3.05, 3.63) is 35.4 Å². The monoisotopic (exact) mass is 305 g/mol. The summed E-state index contributed by atoms with van der Waals surface area (Å²) in [4.78, 5) is 12.0. The van der Waals surface area contributed by atoms with Crippen LogP contribution < -0.4 is 16.2 Å². The Morgan fingerprint density at radius 3 is 2.48 bits per heavy atom. The fourth-order valence-corrected chi connectivity index (χ4v) is 2.83. The number of hydrogen-bond acceptors (Lipinski definition) is 2. The quantitative estimate of drug-likeness (QED) is 0.581. The molecule has 0 bridgehead atoms. The van der Waals surface area contributed by atoms with Gasteiger partial charge in [-0.25, -0.2) is 0 Å². The van der Waals surface area contributed by atoms with Crippen LogP contribution in [0.4, 0.5) is 0 Å². The van der Waals surface area contributed by atoms with Crippen molar-refractivity contribution in [3.8, 4) is 0 Å². The van der Waals surface area contributed by atoms with Crippen molar-refractivity contribution in [3.63, 3.8) is 0 Å². The Bertz CT molecular complexity index is 501. The molecule has 1 fully saturated rings. The van der Waals surface area contributed by atoms with Gasteiger partial charge in [-0.05, 0) is 50.0 Å². The maximum Gasteiger partial charge on any atom is 0.269 e. The maximum atomic E-state index is 12.0. The molecule has 1 aromatic carbocycles. The van der Waals surface area contributed by atoms with E-state index in [2.05, 4.69) is 23.1 Å². The van der Waals surface area contributed by atoms with Gasteiger partial charge in [-0.1, -0.05) is 37.5 Å². The lowest BCUT2D eigenvalue weighted by molar-refractivity contribution is 0.0943. The van der Waals surface area contributed by atoms with E-state index in [1.165, 1.54) is 19.3 Å². The van der Waals surface area contributed by atoms with Crippen LogP contribution in [-0.4, -0.2) is 17.1 Å². The van der Waals surface area contributed by atoms with E-state index in [4.69, 9.17) is 12.2 Å². The Hall–Kier alpha value is -1.62. The van der Waals surface area contributed by atoms with Crippen LogP contribution in [0.15, 0.2) is 24.3 Å². The third kappa shape index (κ3) is 4.70. The molecule has 0 heterocycles. The SMILES string of the molecule is Cc1ccc(C(=O)NNC(=S)N[C@@H]2CCCC[C@@H]2C)cc1. The van der Waals surface area contributed by atoms with Gasteiger partial charge in [-0.2, -0.15) is 0 Å². The fourth-order valence-electron chi connectivity index (χ4n) is 2.63. The Morgan fingerprint density at radius 2 is 1.81 bits per heavy atom. The highest BCUT2D eigenvalue weighted by molar-refractivity contribution is 7.80. The van der Waals surface area contributed by atoms with Crippen molar-refractivity contribution in [2.45, 2.75) is 45.6 Å². The molecule has 2 rings (SSSR count). The van der Waals surface area contributed by atoms with Crippen molar-refractivity contribution >= 4 is 23.2 Å². The zero-order chi connectivity index (χ0) is 15.2. The number of hydrazine groups is 1. The molecule has 4 nitrogen and oxygen atoms in total. The minimum Gasteiger partial charge on any atom is -0.358 e. The second kappa shape index (κ2) is 7.41. The number of nitrogens with one attached hydrogen (secondary N) is 3. The van der Waals surface area contributed by atoms with Gasteiger partial charge in [-0.3, -0.25) is 15.6 Å². The second-order valence-corrected chi connectivity index (χ2v) is 6.20. The number of aryl methyl sites for hydroxylation is 1. The molecule has 5 heteroatoms. The van der Waals surface area contributed by atoms with E-state index in [-0.39, 0.29) is 5.91 Å². The fraction of sp³-hybridized carbons (Fsp3) is 0.500. The third-order valence-corrected chi connectivity index (χ3v) is 4.25. The van der Waals surface area contributed by atoms with Crippen molar-refractivity contribution in [1.29, 1.82) is 0 Å². The highest BCUT2D eigenvalue weighted by Gasteiger charge is 2.21. The number of thiocarbonyl (C=S) groups is 1. The molecule has 1 saturated carbocycles. The number of benzene rings is 1. The van der Waals surface area contributed by atoms with Gasteiger partial charge < -0.3 is 5.32 Å². The summed E-state index contributed by atoms with van der Waals surface area (Å²) >= 11 is 5.24. The lowest BCUT2D eigenvalue weighted by atomic mass is 9.86. The van der Waals surface area contributed by atoms with E-state index >= 15 is 0 Å². The molecule has 1 amide bonds. The summed E-state index contributed by atoms with van der Waals surface area (Å²) in [7, 11) is 0. The first-order valence-electron chi connectivity index (χ1n) is 7.50. The normalized spacial score (nSPS) is 21.4. The van der Waals surface area contributed by atoms with Crippen LogP contribution in [0.2, 0.25) is 0 Å². The molecule has 0 unspecified atom stereocenters. The maximum absolute atomic E-state index is 12.0. The molecule has 2 atom stereocenters. The summed E-state index contributed by atoms with van der Waals surface area (Å²) in [6, 6.07) is 7.82. The van der Waals surface area contributed by atoms with E-state index in [0.29, 0.717) is 22.6 Å². The minimum atomic E-state index is -0.184. The zero-order valence-corrected chi connectivity index (χ0v) is 13.4. The Labute approximate surface area is 131 Å². The number of carbonyl (C=O) groups is 1. The molecule has 21 heavy (non-hydrogen) atoms. The van der Waals surface area contributed by atoms with E-state index in [0.717, 1.165) is 12.0 Å². The summed E-state index contributed by atoms with van der Waals surface area (Å²) in [5, 5.41) is 3.77. The molecule has 1 aromatic rings. The lowest BCUT2D eigenvalue weighted by Crippen LogP contribution is -2.51. The van der Waals surface area contributed by atoms with E-state index in [9.17, 15) is 4.79 Å². The molecule has 0 saturated heterocycles. The first kappa shape index (κ1) is 15.8. The summed E-state index contributed by atoms with van der Waals surface area (Å²) in [6.45, 7) is 4.23. The summed E-state index contributed by atoms with van der Waals surface area (Å²) in [5.41, 5.74) is 7.15. The summed E-state index contributed by atoms with van der Waals surface area (Å²) in [5.74, 6) is 0.433. The molecule has 0 aromatic heterocycles. The van der Waals surface area contributed by atoms with E-state index in [1.807, 2.05) is 19.1 Å². The molecular weight excluding hydrogens is 282 g/mol. The van der Waals surface area contributed by atoms with Gasteiger partial charge in [0, 0.05) is 11.6 Å². The molecule has 1 aliphatic carbocycles. The van der Waals surface area contributed by atoms with Gasteiger partial charge in [0.25, 0.3) is 5.91 Å². The van der Waals surface area contributed by atoms with Gasteiger partial charge in [0.2, 0.25) is 0 Å². The first-order valence-corrected chi connectivity index (χ1v) is 7.90. The summed E-state index contributed by atoms with van der Waals surface area (Å²) in [6.07, 6.45) is 4.90. The van der Waals surface area contributed by atoms with Crippen molar-refractivity contribution < 1.29 is 4.79 Å².